The van der Waals surface area contributed by atoms with Crippen molar-refractivity contribution in [1.29, 1.82) is 0 Å². The SMILES string of the molecule is CCC1(CC)CCN(c2ccccc2C(C)O)CC1. The number of para-hydroxylation sites is 1. The molecule has 1 aliphatic rings. The van der Waals surface area contributed by atoms with E-state index in [4.69, 9.17) is 0 Å². The molecule has 2 heteroatoms. The lowest BCUT2D eigenvalue weighted by molar-refractivity contribution is 0.193. The molecule has 1 saturated heterocycles. The number of aliphatic hydroxyl groups excluding tert-OH is 1. The minimum absolute atomic E-state index is 0.389. The lowest BCUT2D eigenvalue weighted by atomic mass is 9.74. The molecule has 0 spiro atoms. The van der Waals surface area contributed by atoms with Crippen LogP contribution in [0.2, 0.25) is 0 Å². The van der Waals surface area contributed by atoms with Gasteiger partial charge in [-0.15, -0.1) is 0 Å². The largest absolute Gasteiger partial charge is 0.389 e. The summed E-state index contributed by atoms with van der Waals surface area (Å²) < 4.78 is 0. The average Bonchev–Trinajstić information content (AvgIpc) is 2.47. The van der Waals surface area contributed by atoms with Crippen LogP contribution in [0.25, 0.3) is 0 Å². The number of benzene rings is 1. The highest BCUT2D eigenvalue weighted by atomic mass is 16.3. The Kier molecular flexibility index (Phi) is 4.51. The Labute approximate surface area is 117 Å². The molecule has 1 unspecified atom stereocenters. The van der Waals surface area contributed by atoms with Crippen LogP contribution in [0, 0.1) is 5.41 Å². The summed E-state index contributed by atoms with van der Waals surface area (Å²) in [6, 6.07) is 8.27. The summed E-state index contributed by atoms with van der Waals surface area (Å²) >= 11 is 0. The van der Waals surface area contributed by atoms with Gasteiger partial charge in [0.2, 0.25) is 0 Å². The summed E-state index contributed by atoms with van der Waals surface area (Å²) in [7, 11) is 0. The maximum atomic E-state index is 9.90. The van der Waals surface area contributed by atoms with Crippen molar-refractivity contribution < 1.29 is 5.11 Å². The zero-order valence-electron chi connectivity index (χ0n) is 12.5. The predicted octanol–water partition coefficient (Wildman–Crippen LogP) is 4.15. The molecule has 0 saturated carbocycles. The maximum Gasteiger partial charge on any atom is 0.0781 e. The molecule has 2 nitrogen and oxygen atoms in total. The first-order valence-electron chi connectivity index (χ1n) is 7.64. The van der Waals surface area contributed by atoms with E-state index < -0.39 is 0 Å². The van der Waals surface area contributed by atoms with Gasteiger partial charge in [0.05, 0.1) is 6.10 Å². The Bertz CT molecular complexity index is 399. The maximum absolute atomic E-state index is 9.90. The van der Waals surface area contributed by atoms with Crippen molar-refractivity contribution >= 4 is 5.69 Å². The van der Waals surface area contributed by atoms with Crippen LogP contribution in [-0.4, -0.2) is 18.2 Å². The van der Waals surface area contributed by atoms with Gasteiger partial charge < -0.3 is 10.0 Å². The van der Waals surface area contributed by atoms with Gasteiger partial charge >= 0.3 is 0 Å². The smallest absolute Gasteiger partial charge is 0.0781 e. The average molecular weight is 261 g/mol. The molecular weight excluding hydrogens is 234 g/mol. The van der Waals surface area contributed by atoms with Crippen molar-refractivity contribution in [2.75, 3.05) is 18.0 Å². The second-order valence-corrected chi connectivity index (χ2v) is 5.93. The zero-order chi connectivity index (χ0) is 13.9. The zero-order valence-corrected chi connectivity index (χ0v) is 12.5. The summed E-state index contributed by atoms with van der Waals surface area (Å²) in [5.74, 6) is 0. The van der Waals surface area contributed by atoms with Crippen LogP contribution in [0.3, 0.4) is 0 Å². The number of aliphatic hydroxyl groups is 1. The molecule has 1 atom stereocenters. The van der Waals surface area contributed by atoms with Gasteiger partial charge in [0, 0.05) is 24.3 Å². The van der Waals surface area contributed by atoms with E-state index in [1.807, 2.05) is 19.1 Å². The first-order valence-corrected chi connectivity index (χ1v) is 7.64. The van der Waals surface area contributed by atoms with Crippen molar-refractivity contribution in [2.24, 2.45) is 5.41 Å². The second kappa shape index (κ2) is 5.96. The van der Waals surface area contributed by atoms with E-state index in [0.717, 1.165) is 18.7 Å². The number of piperidine rings is 1. The molecule has 1 aliphatic heterocycles. The summed E-state index contributed by atoms with van der Waals surface area (Å²) in [6.45, 7) is 8.73. The molecule has 1 heterocycles. The Hall–Kier alpha value is -1.02. The lowest BCUT2D eigenvalue weighted by Crippen LogP contribution is -2.40. The van der Waals surface area contributed by atoms with Gasteiger partial charge in [0.15, 0.2) is 0 Å². The molecular formula is C17H27NO. The highest BCUT2D eigenvalue weighted by molar-refractivity contribution is 5.54. The fourth-order valence-electron chi connectivity index (χ4n) is 3.31. The molecule has 19 heavy (non-hydrogen) atoms. The van der Waals surface area contributed by atoms with E-state index in [9.17, 15) is 5.11 Å². The van der Waals surface area contributed by atoms with Crippen LogP contribution in [0.1, 0.15) is 58.1 Å². The highest BCUT2D eigenvalue weighted by Crippen LogP contribution is 2.40. The molecule has 0 aliphatic carbocycles. The third-order valence-electron chi connectivity index (χ3n) is 5.05. The molecule has 1 N–H and O–H groups in total. The summed E-state index contributed by atoms with van der Waals surface area (Å²) in [5, 5.41) is 9.90. The first kappa shape index (κ1) is 14.4. The number of rotatable bonds is 4. The molecule has 1 fully saturated rings. The molecule has 0 radical (unpaired) electrons. The van der Waals surface area contributed by atoms with E-state index in [0.29, 0.717) is 5.41 Å². The molecule has 2 rings (SSSR count). The van der Waals surface area contributed by atoms with Crippen molar-refractivity contribution in [2.45, 2.75) is 52.6 Å². The van der Waals surface area contributed by atoms with Crippen molar-refractivity contribution in [3.63, 3.8) is 0 Å². The summed E-state index contributed by atoms with van der Waals surface area (Å²) in [5.41, 5.74) is 2.83. The van der Waals surface area contributed by atoms with Crippen LogP contribution < -0.4 is 4.90 Å². The number of anilines is 1. The van der Waals surface area contributed by atoms with E-state index in [-0.39, 0.29) is 6.10 Å². The van der Waals surface area contributed by atoms with Crippen LogP contribution in [0.4, 0.5) is 5.69 Å². The molecule has 1 aromatic rings. The normalized spacial score (nSPS) is 20.3. The minimum atomic E-state index is -0.389. The highest BCUT2D eigenvalue weighted by Gasteiger charge is 2.31. The van der Waals surface area contributed by atoms with Gasteiger partial charge in [-0.05, 0) is 31.2 Å². The summed E-state index contributed by atoms with van der Waals surface area (Å²) in [6.07, 6.45) is 4.73. The fourth-order valence-corrected chi connectivity index (χ4v) is 3.31. The van der Waals surface area contributed by atoms with E-state index in [1.165, 1.54) is 31.4 Å². The van der Waals surface area contributed by atoms with Gasteiger partial charge in [-0.1, -0.05) is 44.9 Å². The standard InChI is InChI=1S/C17H27NO/c1-4-17(5-2)10-12-18(13-11-17)16-9-7-6-8-15(16)14(3)19/h6-9,14,19H,4-5,10-13H2,1-3H3. The van der Waals surface area contributed by atoms with E-state index >= 15 is 0 Å². The third kappa shape index (κ3) is 2.94. The van der Waals surface area contributed by atoms with E-state index in [1.54, 1.807) is 0 Å². The van der Waals surface area contributed by atoms with Gasteiger partial charge in [-0.2, -0.15) is 0 Å². The molecule has 0 bridgehead atoms. The van der Waals surface area contributed by atoms with Gasteiger partial charge in [-0.3, -0.25) is 0 Å². The molecule has 106 valence electrons. The first-order chi connectivity index (χ1) is 9.12. The van der Waals surface area contributed by atoms with Gasteiger partial charge in [0.1, 0.15) is 0 Å². The Balaban J connectivity index is 2.14. The van der Waals surface area contributed by atoms with Gasteiger partial charge in [-0.25, -0.2) is 0 Å². The van der Waals surface area contributed by atoms with Crippen molar-refractivity contribution in [1.82, 2.24) is 0 Å². The molecule has 1 aromatic carbocycles. The number of nitrogens with zero attached hydrogens (tertiary/aromatic N) is 1. The van der Waals surface area contributed by atoms with Crippen LogP contribution >= 0.6 is 0 Å². The van der Waals surface area contributed by atoms with Crippen LogP contribution in [0.5, 0.6) is 0 Å². The van der Waals surface area contributed by atoms with E-state index in [2.05, 4.69) is 30.9 Å². The van der Waals surface area contributed by atoms with Crippen LogP contribution in [-0.2, 0) is 0 Å². The number of hydrogen-bond donors (Lipinski definition) is 1. The third-order valence-corrected chi connectivity index (χ3v) is 5.05. The minimum Gasteiger partial charge on any atom is -0.389 e. The quantitative estimate of drug-likeness (QED) is 0.880. The lowest BCUT2D eigenvalue weighted by Gasteiger charge is -2.42. The summed E-state index contributed by atoms with van der Waals surface area (Å²) in [4.78, 5) is 2.45. The predicted molar refractivity (Wildman–Crippen MR) is 81.5 cm³/mol. The monoisotopic (exact) mass is 261 g/mol. The Morgan fingerprint density at radius 2 is 1.74 bits per heavy atom. The Morgan fingerprint density at radius 3 is 2.26 bits per heavy atom. The Morgan fingerprint density at radius 1 is 1.16 bits per heavy atom. The van der Waals surface area contributed by atoms with Gasteiger partial charge in [0.25, 0.3) is 0 Å². The molecule has 0 amide bonds. The topological polar surface area (TPSA) is 23.5 Å². The van der Waals surface area contributed by atoms with Crippen molar-refractivity contribution in [3.05, 3.63) is 29.8 Å². The number of hydrogen-bond acceptors (Lipinski definition) is 2. The second-order valence-electron chi connectivity index (χ2n) is 5.93. The molecule has 0 aromatic heterocycles. The van der Waals surface area contributed by atoms with Crippen LogP contribution in [0.15, 0.2) is 24.3 Å². The van der Waals surface area contributed by atoms with Crippen molar-refractivity contribution in [3.8, 4) is 0 Å². The fraction of sp³-hybridized carbons (Fsp3) is 0.647.